The summed E-state index contributed by atoms with van der Waals surface area (Å²) < 4.78 is 7.53. The van der Waals surface area contributed by atoms with Crippen molar-refractivity contribution in [2.75, 3.05) is 13.1 Å². The summed E-state index contributed by atoms with van der Waals surface area (Å²) in [5, 5.41) is 16.6. The first kappa shape index (κ1) is 23.9. The molecule has 0 aliphatic carbocycles. The fourth-order valence-electron chi connectivity index (χ4n) is 4.81. The molecule has 2 unspecified atom stereocenters. The Bertz CT molecular complexity index is 1220. The molecule has 0 radical (unpaired) electrons. The number of benzene rings is 1. The summed E-state index contributed by atoms with van der Waals surface area (Å²) in [6.45, 7) is 11.3. The number of ether oxygens (including phenoxy) is 1. The number of rotatable bonds is 7. The predicted octanol–water partition coefficient (Wildman–Crippen LogP) is 3.08. The molecule has 8 heteroatoms. The molecular weight excluding hydrogens is 428 g/mol. The lowest BCUT2D eigenvalue weighted by Crippen LogP contribution is -2.45. The molecule has 3 heterocycles. The standard InChI is InChI=1S/C26H32N6O2/c1-17-14-31(15-18(2)34-17)16-22-8-6-5-7-21(22)12-28-25(33)10-9-24-19(3)30-26-23(11-27)13-29-32(26)20(24)4/h5-8,13,17-18H,9-10,12,14-16H2,1-4H3,(H,28,33). The van der Waals surface area contributed by atoms with Crippen molar-refractivity contribution in [2.45, 2.75) is 65.8 Å². The van der Waals surface area contributed by atoms with Gasteiger partial charge in [0.25, 0.3) is 0 Å². The fraction of sp³-hybridized carbons (Fsp3) is 0.462. The topological polar surface area (TPSA) is 95.6 Å². The van der Waals surface area contributed by atoms with Crippen molar-refractivity contribution < 1.29 is 9.53 Å². The molecule has 178 valence electrons. The van der Waals surface area contributed by atoms with E-state index in [2.05, 4.69) is 58.4 Å². The minimum absolute atomic E-state index is 0.000459. The van der Waals surface area contributed by atoms with Gasteiger partial charge in [-0.25, -0.2) is 9.50 Å². The van der Waals surface area contributed by atoms with Crippen LogP contribution in [0.1, 0.15) is 53.9 Å². The predicted molar refractivity (Wildman–Crippen MR) is 129 cm³/mol. The van der Waals surface area contributed by atoms with Crippen LogP contribution in [0.5, 0.6) is 0 Å². The third-order valence-electron chi connectivity index (χ3n) is 6.41. The molecule has 0 saturated carbocycles. The van der Waals surface area contributed by atoms with Crippen LogP contribution in [0.15, 0.2) is 30.5 Å². The number of nitrogens with zero attached hydrogens (tertiary/aromatic N) is 5. The van der Waals surface area contributed by atoms with E-state index >= 15 is 0 Å². The summed E-state index contributed by atoms with van der Waals surface area (Å²) in [6, 6.07) is 10.4. The number of nitrogens with one attached hydrogen (secondary N) is 1. The van der Waals surface area contributed by atoms with Crippen molar-refractivity contribution in [1.82, 2.24) is 24.8 Å². The van der Waals surface area contributed by atoms with Gasteiger partial charge in [-0.05, 0) is 50.8 Å². The summed E-state index contributed by atoms with van der Waals surface area (Å²) in [7, 11) is 0. The van der Waals surface area contributed by atoms with E-state index in [-0.39, 0.29) is 18.1 Å². The molecule has 4 rings (SSSR count). The van der Waals surface area contributed by atoms with Crippen LogP contribution < -0.4 is 5.32 Å². The molecule has 8 nitrogen and oxygen atoms in total. The Morgan fingerprint density at radius 1 is 1.21 bits per heavy atom. The lowest BCUT2D eigenvalue weighted by atomic mass is 10.0. The van der Waals surface area contributed by atoms with E-state index in [1.807, 2.05) is 19.9 Å². The van der Waals surface area contributed by atoms with Gasteiger partial charge in [0, 0.05) is 44.0 Å². The largest absolute Gasteiger partial charge is 0.373 e. The SMILES string of the molecule is Cc1nc2c(C#N)cnn2c(C)c1CCC(=O)NCc1ccccc1CN1CC(C)OC(C)C1. The van der Waals surface area contributed by atoms with Gasteiger partial charge in [-0.3, -0.25) is 9.69 Å². The number of amides is 1. The first-order valence-corrected chi connectivity index (χ1v) is 11.8. The molecule has 1 aliphatic rings. The molecule has 1 fully saturated rings. The Hall–Kier alpha value is -3.28. The zero-order chi connectivity index (χ0) is 24.2. The Morgan fingerprint density at radius 2 is 1.91 bits per heavy atom. The van der Waals surface area contributed by atoms with E-state index < -0.39 is 0 Å². The smallest absolute Gasteiger partial charge is 0.220 e. The molecule has 1 amide bonds. The van der Waals surface area contributed by atoms with Gasteiger partial charge in [0.05, 0.1) is 18.4 Å². The van der Waals surface area contributed by atoms with E-state index in [0.717, 1.165) is 42.1 Å². The van der Waals surface area contributed by atoms with Gasteiger partial charge >= 0.3 is 0 Å². The first-order valence-electron chi connectivity index (χ1n) is 11.8. The summed E-state index contributed by atoms with van der Waals surface area (Å²) in [6.07, 6.45) is 2.91. The van der Waals surface area contributed by atoms with Crippen molar-refractivity contribution in [3.05, 3.63) is 64.1 Å². The normalized spacial score (nSPS) is 18.7. The number of aryl methyl sites for hydroxylation is 2. The highest BCUT2D eigenvalue weighted by Gasteiger charge is 2.22. The van der Waals surface area contributed by atoms with Crippen molar-refractivity contribution in [3.63, 3.8) is 0 Å². The van der Waals surface area contributed by atoms with Crippen LogP contribution in [0.25, 0.3) is 5.65 Å². The Kier molecular flexibility index (Phi) is 7.25. The van der Waals surface area contributed by atoms with Crippen molar-refractivity contribution in [1.29, 1.82) is 5.26 Å². The van der Waals surface area contributed by atoms with Crippen molar-refractivity contribution in [2.24, 2.45) is 0 Å². The summed E-state index contributed by atoms with van der Waals surface area (Å²) in [4.78, 5) is 19.7. The zero-order valence-electron chi connectivity index (χ0n) is 20.3. The quantitative estimate of drug-likeness (QED) is 0.582. The maximum Gasteiger partial charge on any atom is 0.220 e. The van der Waals surface area contributed by atoms with Gasteiger partial charge in [-0.2, -0.15) is 10.4 Å². The second kappa shape index (κ2) is 10.3. The maximum absolute atomic E-state index is 12.7. The number of carbonyl (C=O) groups is 1. The minimum Gasteiger partial charge on any atom is -0.373 e. The highest BCUT2D eigenvalue weighted by molar-refractivity contribution is 5.76. The average molecular weight is 461 g/mol. The lowest BCUT2D eigenvalue weighted by molar-refractivity contribution is -0.121. The Morgan fingerprint density at radius 3 is 2.62 bits per heavy atom. The van der Waals surface area contributed by atoms with E-state index in [4.69, 9.17) is 4.74 Å². The van der Waals surface area contributed by atoms with Crippen LogP contribution in [0, 0.1) is 25.2 Å². The molecule has 2 aromatic heterocycles. The highest BCUT2D eigenvalue weighted by Crippen LogP contribution is 2.19. The van der Waals surface area contributed by atoms with Crippen LogP contribution >= 0.6 is 0 Å². The summed E-state index contributed by atoms with van der Waals surface area (Å²) in [5.74, 6) is 0.000459. The van der Waals surface area contributed by atoms with Gasteiger partial charge in [-0.15, -0.1) is 0 Å². The average Bonchev–Trinajstić information content (AvgIpc) is 3.20. The molecule has 34 heavy (non-hydrogen) atoms. The third kappa shape index (κ3) is 5.27. The number of morpholine rings is 1. The lowest BCUT2D eigenvalue weighted by Gasteiger charge is -2.35. The molecule has 1 N–H and O–H groups in total. The van der Waals surface area contributed by atoms with Gasteiger partial charge in [-0.1, -0.05) is 24.3 Å². The first-order chi connectivity index (χ1) is 16.4. The molecule has 1 aromatic carbocycles. The van der Waals surface area contributed by atoms with Crippen LogP contribution in [-0.2, 0) is 29.0 Å². The Balaban J connectivity index is 1.37. The number of nitriles is 1. The fourth-order valence-corrected chi connectivity index (χ4v) is 4.81. The van der Waals surface area contributed by atoms with E-state index in [9.17, 15) is 10.1 Å². The molecule has 0 bridgehead atoms. The van der Waals surface area contributed by atoms with E-state index in [1.54, 1.807) is 4.52 Å². The van der Waals surface area contributed by atoms with Crippen LogP contribution in [0.4, 0.5) is 0 Å². The van der Waals surface area contributed by atoms with Gasteiger partial charge in [0.15, 0.2) is 5.65 Å². The van der Waals surface area contributed by atoms with Crippen LogP contribution in [0.2, 0.25) is 0 Å². The van der Waals surface area contributed by atoms with Gasteiger partial charge in [0.2, 0.25) is 5.91 Å². The third-order valence-corrected chi connectivity index (χ3v) is 6.41. The molecular formula is C26H32N6O2. The monoisotopic (exact) mass is 460 g/mol. The summed E-state index contributed by atoms with van der Waals surface area (Å²) >= 11 is 0. The van der Waals surface area contributed by atoms with Gasteiger partial charge < -0.3 is 10.1 Å². The second-order valence-electron chi connectivity index (χ2n) is 9.16. The van der Waals surface area contributed by atoms with E-state index in [1.165, 1.54) is 11.8 Å². The van der Waals surface area contributed by atoms with Crippen LogP contribution in [0.3, 0.4) is 0 Å². The highest BCUT2D eigenvalue weighted by atomic mass is 16.5. The summed E-state index contributed by atoms with van der Waals surface area (Å²) in [5.41, 5.74) is 6.12. The molecule has 1 aliphatic heterocycles. The maximum atomic E-state index is 12.7. The number of carbonyl (C=O) groups excluding carboxylic acids is 1. The molecule has 1 saturated heterocycles. The zero-order valence-corrected chi connectivity index (χ0v) is 20.3. The Labute approximate surface area is 200 Å². The van der Waals surface area contributed by atoms with Crippen molar-refractivity contribution in [3.8, 4) is 6.07 Å². The number of hydrogen-bond donors (Lipinski definition) is 1. The minimum atomic E-state index is 0.000459. The molecule has 2 atom stereocenters. The van der Waals surface area contributed by atoms with Gasteiger partial charge in [0.1, 0.15) is 11.6 Å². The van der Waals surface area contributed by atoms with Crippen LogP contribution in [-0.4, -0.2) is 50.7 Å². The number of hydrogen-bond acceptors (Lipinski definition) is 6. The second-order valence-corrected chi connectivity index (χ2v) is 9.16. The van der Waals surface area contributed by atoms with E-state index in [0.29, 0.717) is 30.6 Å². The molecule has 0 spiro atoms. The van der Waals surface area contributed by atoms with Crippen molar-refractivity contribution >= 4 is 11.6 Å². The number of fused-ring (bicyclic) bond motifs is 1. The number of aromatic nitrogens is 3. The molecule has 3 aromatic rings.